The Labute approximate surface area is 175 Å². The summed E-state index contributed by atoms with van der Waals surface area (Å²) in [6.07, 6.45) is 0. The summed E-state index contributed by atoms with van der Waals surface area (Å²) >= 11 is 4.71. The van der Waals surface area contributed by atoms with E-state index in [-0.39, 0.29) is 11.5 Å². The molecule has 4 rings (SSSR count). The number of thioether (sulfide) groups is 1. The van der Waals surface area contributed by atoms with Gasteiger partial charge in [0.15, 0.2) is 5.78 Å². The Morgan fingerprint density at radius 3 is 2.29 bits per heavy atom. The second-order valence-electron chi connectivity index (χ2n) is 6.01. The van der Waals surface area contributed by atoms with Gasteiger partial charge in [-0.2, -0.15) is 0 Å². The summed E-state index contributed by atoms with van der Waals surface area (Å²) in [5.74, 6) is 0.683. The number of hydrogen-bond acceptors (Lipinski definition) is 5. The van der Waals surface area contributed by atoms with Gasteiger partial charge in [-0.15, -0.1) is 10.2 Å². The normalized spacial score (nSPS) is 10.8. The second-order valence-corrected chi connectivity index (χ2v) is 7.79. The second kappa shape index (κ2) is 8.54. The Balaban J connectivity index is 1.40. The summed E-state index contributed by atoms with van der Waals surface area (Å²) < 4.78 is 6.55. The van der Waals surface area contributed by atoms with Crippen molar-refractivity contribution < 1.29 is 9.21 Å². The highest BCUT2D eigenvalue weighted by Crippen LogP contribution is 2.29. The molecule has 0 aliphatic rings. The summed E-state index contributed by atoms with van der Waals surface area (Å²) in [7, 11) is 0. The topological polar surface area (TPSA) is 56.0 Å². The fourth-order valence-electron chi connectivity index (χ4n) is 2.70. The van der Waals surface area contributed by atoms with E-state index in [4.69, 9.17) is 4.42 Å². The van der Waals surface area contributed by atoms with E-state index in [0.29, 0.717) is 16.7 Å². The molecule has 0 atom stereocenters. The van der Waals surface area contributed by atoms with Crippen molar-refractivity contribution >= 4 is 33.5 Å². The van der Waals surface area contributed by atoms with Crippen molar-refractivity contribution in [3.05, 3.63) is 88.9 Å². The lowest BCUT2D eigenvalue weighted by Crippen LogP contribution is -2.02. The molecule has 6 heteroatoms. The summed E-state index contributed by atoms with van der Waals surface area (Å²) in [5, 5.41) is 8.47. The van der Waals surface area contributed by atoms with Crippen LogP contribution in [-0.2, 0) is 0 Å². The van der Waals surface area contributed by atoms with Gasteiger partial charge >= 0.3 is 0 Å². The van der Waals surface area contributed by atoms with Gasteiger partial charge in [0.25, 0.3) is 5.22 Å². The number of rotatable bonds is 6. The monoisotopic (exact) mass is 450 g/mol. The van der Waals surface area contributed by atoms with E-state index in [1.807, 2.05) is 78.9 Å². The van der Waals surface area contributed by atoms with Crippen molar-refractivity contribution in [1.29, 1.82) is 0 Å². The van der Waals surface area contributed by atoms with Crippen molar-refractivity contribution in [2.24, 2.45) is 0 Å². The Hall–Kier alpha value is -2.70. The van der Waals surface area contributed by atoms with Crippen LogP contribution in [0.15, 0.2) is 93.0 Å². The van der Waals surface area contributed by atoms with Crippen LogP contribution in [0.2, 0.25) is 0 Å². The molecule has 0 N–H and O–H groups in total. The zero-order chi connectivity index (χ0) is 19.3. The predicted molar refractivity (Wildman–Crippen MR) is 114 cm³/mol. The zero-order valence-electron chi connectivity index (χ0n) is 14.7. The Kier molecular flexibility index (Phi) is 5.69. The van der Waals surface area contributed by atoms with E-state index < -0.39 is 0 Å². The Morgan fingerprint density at radius 2 is 1.54 bits per heavy atom. The van der Waals surface area contributed by atoms with Gasteiger partial charge < -0.3 is 4.42 Å². The predicted octanol–water partition coefficient (Wildman–Crippen LogP) is 6.14. The SMILES string of the molecule is O=C(CSc1nnc(-c2ccccc2Br)o1)c1ccc(-c2ccccc2)cc1. The van der Waals surface area contributed by atoms with Gasteiger partial charge in [-0.25, -0.2) is 0 Å². The van der Waals surface area contributed by atoms with Gasteiger partial charge in [-0.3, -0.25) is 4.79 Å². The maximum Gasteiger partial charge on any atom is 0.277 e. The van der Waals surface area contributed by atoms with Crippen molar-refractivity contribution in [2.45, 2.75) is 5.22 Å². The lowest BCUT2D eigenvalue weighted by Gasteiger charge is -2.03. The summed E-state index contributed by atoms with van der Waals surface area (Å²) in [5.41, 5.74) is 3.70. The lowest BCUT2D eigenvalue weighted by molar-refractivity contribution is 0.102. The van der Waals surface area contributed by atoms with Gasteiger partial charge in [-0.05, 0) is 39.2 Å². The highest BCUT2D eigenvalue weighted by atomic mass is 79.9. The molecule has 0 bridgehead atoms. The maximum atomic E-state index is 12.5. The van der Waals surface area contributed by atoms with Gasteiger partial charge in [-0.1, -0.05) is 78.5 Å². The molecule has 28 heavy (non-hydrogen) atoms. The van der Waals surface area contributed by atoms with Crippen molar-refractivity contribution in [1.82, 2.24) is 10.2 Å². The van der Waals surface area contributed by atoms with Crippen LogP contribution in [-0.4, -0.2) is 21.7 Å². The molecule has 138 valence electrons. The number of nitrogens with zero attached hydrogens (tertiary/aromatic N) is 2. The van der Waals surface area contributed by atoms with Gasteiger partial charge in [0.1, 0.15) is 0 Å². The van der Waals surface area contributed by atoms with Crippen molar-refractivity contribution in [2.75, 3.05) is 5.75 Å². The molecule has 0 spiro atoms. The molecule has 1 heterocycles. The number of carbonyl (C=O) groups is 1. The third-order valence-electron chi connectivity index (χ3n) is 4.15. The molecule has 0 saturated carbocycles. The molecule has 0 unspecified atom stereocenters. The molecule has 0 aliphatic carbocycles. The van der Waals surface area contributed by atoms with Crippen LogP contribution in [0.3, 0.4) is 0 Å². The van der Waals surface area contributed by atoms with E-state index in [0.717, 1.165) is 21.2 Å². The molecular formula is C22H15BrN2O2S. The third kappa shape index (κ3) is 4.24. The fraction of sp³-hybridized carbons (Fsp3) is 0.0455. The molecule has 0 radical (unpaired) electrons. The first kappa shape index (κ1) is 18.7. The van der Waals surface area contributed by atoms with E-state index in [2.05, 4.69) is 26.1 Å². The number of benzene rings is 3. The molecule has 0 saturated heterocycles. The Morgan fingerprint density at radius 1 is 0.857 bits per heavy atom. The largest absolute Gasteiger partial charge is 0.411 e. The molecule has 3 aromatic carbocycles. The minimum absolute atomic E-state index is 0.0188. The number of hydrogen-bond donors (Lipinski definition) is 0. The minimum Gasteiger partial charge on any atom is -0.411 e. The van der Waals surface area contributed by atoms with Gasteiger partial charge in [0.05, 0.1) is 11.3 Å². The standard InChI is InChI=1S/C22H15BrN2O2S/c23-19-9-5-4-8-18(19)21-24-25-22(27-21)28-14-20(26)17-12-10-16(11-13-17)15-6-2-1-3-7-15/h1-13H,14H2. The highest BCUT2D eigenvalue weighted by Gasteiger charge is 2.14. The van der Waals surface area contributed by atoms with Crippen molar-refractivity contribution in [3.63, 3.8) is 0 Å². The van der Waals surface area contributed by atoms with Crippen LogP contribution in [0.25, 0.3) is 22.6 Å². The van der Waals surface area contributed by atoms with Crippen LogP contribution < -0.4 is 0 Å². The molecule has 0 fully saturated rings. The summed E-state index contributed by atoms with van der Waals surface area (Å²) in [6.45, 7) is 0. The number of ketones is 1. The fourth-order valence-corrected chi connectivity index (χ4v) is 3.81. The number of halogens is 1. The molecule has 0 aliphatic heterocycles. The zero-order valence-corrected chi connectivity index (χ0v) is 17.1. The first-order valence-electron chi connectivity index (χ1n) is 8.60. The maximum absolute atomic E-state index is 12.5. The van der Waals surface area contributed by atoms with Crippen LogP contribution in [0.1, 0.15) is 10.4 Å². The molecular weight excluding hydrogens is 436 g/mol. The quantitative estimate of drug-likeness (QED) is 0.260. The van der Waals surface area contributed by atoms with E-state index in [1.165, 1.54) is 11.8 Å². The van der Waals surface area contributed by atoms with E-state index in [1.54, 1.807) is 0 Å². The van der Waals surface area contributed by atoms with Crippen LogP contribution in [0.5, 0.6) is 0 Å². The molecule has 0 amide bonds. The third-order valence-corrected chi connectivity index (χ3v) is 5.66. The number of carbonyl (C=O) groups excluding carboxylic acids is 1. The Bertz CT molecular complexity index is 1090. The molecule has 4 aromatic rings. The van der Waals surface area contributed by atoms with Crippen LogP contribution >= 0.6 is 27.7 Å². The first-order chi connectivity index (χ1) is 13.7. The average Bonchev–Trinajstić information content (AvgIpc) is 3.22. The van der Waals surface area contributed by atoms with E-state index >= 15 is 0 Å². The van der Waals surface area contributed by atoms with E-state index in [9.17, 15) is 4.79 Å². The van der Waals surface area contributed by atoms with Crippen molar-refractivity contribution in [3.8, 4) is 22.6 Å². The molecule has 1 aromatic heterocycles. The first-order valence-corrected chi connectivity index (χ1v) is 10.4. The molecule has 4 nitrogen and oxygen atoms in total. The lowest BCUT2D eigenvalue weighted by atomic mass is 10.0. The summed E-state index contributed by atoms with van der Waals surface area (Å²) in [4.78, 5) is 12.5. The van der Waals surface area contributed by atoms with Crippen LogP contribution in [0.4, 0.5) is 0 Å². The van der Waals surface area contributed by atoms with Gasteiger partial charge in [0.2, 0.25) is 5.89 Å². The minimum atomic E-state index is 0.0188. The van der Waals surface area contributed by atoms with Crippen LogP contribution in [0, 0.1) is 0 Å². The smallest absolute Gasteiger partial charge is 0.277 e. The average molecular weight is 451 g/mol. The highest BCUT2D eigenvalue weighted by molar-refractivity contribution is 9.10. The number of aromatic nitrogens is 2. The number of Topliss-reactive ketones (excluding diaryl/α,β-unsaturated/α-hetero) is 1. The van der Waals surface area contributed by atoms with Gasteiger partial charge in [0, 0.05) is 10.0 Å². The summed E-state index contributed by atoms with van der Waals surface area (Å²) in [6, 6.07) is 25.3.